The van der Waals surface area contributed by atoms with E-state index in [2.05, 4.69) is 0 Å². The number of nitro benzene ring substituents is 1. The molecule has 1 heterocycles. The van der Waals surface area contributed by atoms with Crippen LogP contribution in [0.4, 0.5) is 5.69 Å². The Morgan fingerprint density at radius 3 is 2.31 bits per heavy atom. The molecule has 0 aromatic heterocycles. The Bertz CT molecular complexity index is 1080. The zero-order chi connectivity index (χ0) is 21.3. The molecule has 8 nitrogen and oxygen atoms in total. The number of nitro groups is 1. The molecule has 1 fully saturated rings. The van der Waals surface area contributed by atoms with Crippen molar-refractivity contribution in [3.8, 4) is 0 Å². The Labute approximate surface area is 177 Å². The van der Waals surface area contributed by atoms with Gasteiger partial charge in [0.05, 0.1) is 20.4 Å². The van der Waals surface area contributed by atoms with Crippen LogP contribution in [0.3, 0.4) is 0 Å². The number of carbonyl (C=O) groups is 1. The summed E-state index contributed by atoms with van der Waals surface area (Å²) >= 11 is 11.9. The summed E-state index contributed by atoms with van der Waals surface area (Å²) in [6.07, 6.45) is 0. The van der Waals surface area contributed by atoms with Crippen molar-refractivity contribution in [3.63, 3.8) is 0 Å². The Hall–Kier alpha value is -2.20. The van der Waals surface area contributed by atoms with Crippen molar-refractivity contribution in [3.05, 3.63) is 67.7 Å². The van der Waals surface area contributed by atoms with Crippen molar-refractivity contribution in [2.45, 2.75) is 11.8 Å². The fourth-order valence-electron chi connectivity index (χ4n) is 3.08. The van der Waals surface area contributed by atoms with Gasteiger partial charge >= 0.3 is 0 Å². The molecule has 154 valence electrons. The van der Waals surface area contributed by atoms with Crippen LogP contribution in [0.15, 0.2) is 41.3 Å². The van der Waals surface area contributed by atoms with Crippen LogP contribution in [-0.4, -0.2) is 54.6 Å². The van der Waals surface area contributed by atoms with Gasteiger partial charge in [0, 0.05) is 43.3 Å². The fraction of sp³-hybridized carbons (Fsp3) is 0.278. The molecule has 0 aliphatic carbocycles. The van der Waals surface area contributed by atoms with Crippen molar-refractivity contribution in [2.75, 3.05) is 26.2 Å². The second kappa shape index (κ2) is 8.27. The number of non-ortho nitro benzene ring substituents is 1. The highest BCUT2D eigenvalue weighted by molar-refractivity contribution is 7.89. The summed E-state index contributed by atoms with van der Waals surface area (Å²) in [5, 5.41) is 11.6. The summed E-state index contributed by atoms with van der Waals surface area (Å²) in [6, 6.07) is 8.31. The van der Waals surface area contributed by atoms with Crippen molar-refractivity contribution in [1.82, 2.24) is 9.21 Å². The quantitative estimate of drug-likeness (QED) is 0.517. The second-order valence-corrected chi connectivity index (χ2v) is 9.28. The number of carbonyl (C=O) groups excluding carboxylic acids is 1. The second-order valence-electron chi connectivity index (χ2n) is 6.53. The zero-order valence-electron chi connectivity index (χ0n) is 15.3. The van der Waals surface area contributed by atoms with Gasteiger partial charge in [-0.2, -0.15) is 4.31 Å². The number of rotatable bonds is 4. The molecule has 0 radical (unpaired) electrons. The topological polar surface area (TPSA) is 101 Å². The fourth-order valence-corrected chi connectivity index (χ4v) is 5.24. The highest BCUT2D eigenvalue weighted by atomic mass is 35.5. The molecule has 1 aliphatic rings. The zero-order valence-corrected chi connectivity index (χ0v) is 17.7. The smallest absolute Gasteiger partial charge is 0.270 e. The number of benzene rings is 2. The van der Waals surface area contributed by atoms with E-state index in [0.717, 1.165) is 6.07 Å². The normalized spacial score (nSPS) is 15.3. The van der Waals surface area contributed by atoms with Crippen LogP contribution in [0.1, 0.15) is 15.9 Å². The minimum absolute atomic E-state index is 0.0708. The van der Waals surface area contributed by atoms with E-state index in [1.54, 1.807) is 13.0 Å². The number of hydrogen-bond acceptors (Lipinski definition) is 5. The van der Waals surface area contributed by atoms with Crippen LogP contribution in [0.2, 0.25) is 10.0 Å². The lowest BCUT2D eigenvalue weighted by Crippen LogP contribution is -2.50. The van der Waals surface area contributed by atoms with Crippen LogP contribution in [0.5, 0.6) is 0 Å². The molecular formula is C18H17Cl2N3O5S. The third kappa shape index (κ3) is 4.37. The Kier molecular flexibility index (Phi) is 6.13. The Morgan fingerprint density at radius 1 is 1.07 bits per heavy atom. The molecule has 0 unspecified atom stereocenters. The predicted octanol–water partition coefficient (Wildman–Crippen LogP) is 3.36. The standard InChI is InChI=1S/C18H17Cl2N3O5S/c1-12-2-4-14(23(25)26)11-17(12)29(27,28)22-8-6-21(7-9-22)18(24)15-5-3-13(19)10-16(15)20/h2-5,10-11H,6-9H2,1H3. The first kappa shape index (κ1) is 21.5. The number of piperazine rings is 1. The molecule has 0 N–H and O–H groups in total. The average Bonchev–Trinajstić information content (AvgIpc) is 2.67. The lowest BCUT2D eigenvalue weighted by Gasteiger charge is -2.34. The molecule has 1 saturated heterocycles. The third-order valence-electron chi connectivity index (χ3n) is 4.69. The van der Waals surface area contributed by atoms with Crippen LogP contribution >= 0.6 is 23.2 Å². The van der Waals surface area contributed by atoms with E-state index in [4.69, 9.17) is 23.2 Å². The van der Waals surface area contributed by atoms with Gasteiger partial charge in [0.15, 0.2) is 0 Å². The summed E-state index contributed by atoms with van der Waals surface area (Å²) in [5.74, 6) is -0.310. The van der Waals surface area contributed by atoms with Gasteiger partial charge in [-0.25, -0.2) is 8.42 Å². The Balaban J connectivity index is 1.77. The molecule has 0 atom stereocenters. The van der Waals surface area contributed by atoms with E-state index in [1.165, 1.54) is 33.5 Å². The molecule has 0 bridgehead atoms. The van der Waals surface area contributed by atoms with Crippen molar-refractivity contribution in [1.29, 1.82) is 0 Å². The van der Waals surface area contributed by atoms with Gasteiger partial charge in [-0.05, 0) is 30.7 Å². The number of aryl methyl sites for hydroxylation is 1. The minimum Gasteiger partial charge on any atom is -0.336 e. The van der Waals surface area contributed by atoms with E-state index >= 15 is 0 Å². The molecular weight excluding hydrogens is 441 g/mol. The van der Waals surface area contributed by atoms with E-state index in [-0.39, 0.29) is 47.7 Å². The van der Waals surface area contributed by atoms with Gasteiger partial charge in [0.1, 0.15) is 0 Å². The first-order valence-corrected chi connectivity index (χ1v) is 10.8. The van der Waals surface area contributed by atoms with Crippen LogP contribution in [0, 0.1) is 17.0 Å². The molecule has 29 heavy (non-hydrogen) atoms. The molecule has 3 rings (SSSR count). The predicted molar refractivity (Wildman–Crippen MR) is 109 cm³/mol. The first-order valence-electron chi connectivity index (χ1n) is 8.61. The number of amides is 1. The van der Waals surface area contributed by atoms with E-state index < -0.39 is 14.9 Å². The minimum atomic E-state index is -3.93. The van der Waals surface area contributed by atoms with Gasteiger partial charge in [-0.15, -0.1) is 0 Å². The van der Waals surface area contributed by atoms with Gasteiger partial charge in [-0.1, -0.05) is 29.3 Å². The monoisotopic (exact) mass is 457 g/mol. The SMILES string of the molecule is Cc1ccc([N+](=O)[O-])cc1S(=O)(=O)N1CCN(C(=O)c2ccc(Cl)cc2Cl)CC1. The van der Waals surface area contributed by atoms with Gasteiger partial charge < -0.3 is 4.90 Å². The largest absolute Gasteiger partial charge is 0.336 e. The summed E-state index contributed by atoms with van der Waals surface area (Å²) in [5.41, 5.74) is 0.421. The average molecular weight is 458 g/mol. The van der Waals surface area contributed by atoms with E-state index in [0.29, 0.717) is 16.1 Å². The summed E-state index contributed by atoms with van der Waals surface area (Å²) in [6.45, 7) is 2.07. The van der Waals surface area contributed by atoms with Crippen molar-refractivity contribution in [2.24, 2.45) is 0 Å². The molecule has 2 aromatic rings. The van der Waals surface area contributed by atoms with Crippen LogP contribution in [0.25, 0.3) is 0 Å². The number of halogens is 2. The summed E-state index contributed by atoms with van der Waals surface area (Å²) in [7, 11) is -3.93. The van der Waals surface area contributed by atoms with Gasteiger partial charge in [-0.3, -0.25) is 14.9 Å². The highest BCUT2D eigenvalue weighted by Crippen LogP contribution is 2.27. The third-order valence-corrected chi connectivity index (χ3v) is 7.28. The maximum Gasteiger partial charge on any atom is 0.270 e. The molecule has 2 aromatic carbocycles. The molecule has 0 spiro atoms. The van der Waals surface area contributed by atoms with Crippen LogP contribution < -0.4 is 0 Å². The van der Waals surface area contributed by atoms with Gasteiger partial charge in [0.25, 0.3) is 11.6 Å². The lowest BCUT2D eigenvalue weighted by molar-refractivity contribution is -0.385. The number of nitrogens with zero attached hydrogens (tertiary/aromatic N) is 3. The Morgan fingerprint density at radius 2 is 1.72 bits per heavy atom. The van der Waals surface area contributed by atoms with Crippen molar-refractivity contribution < 1.29 is 18.1 Å². The summed E-state index contributed by atoms with van der Waals surface area (Å²) < 4.78 is 27.2. The molecule has 11 heteroatoms. The lowest BCUT2D eigenvalue weighted by atomic mass is 10.2. The van der Waals surface area contributed by atoms with Crippen molar-refractivity contribution >= 4 is 44.8 Å². The first-order chi connectivity index (χ1) is 13.6. The highest BCUT2D eigenvalue weighted by Gasteiger charge is 2.32. The molecule has 1 aliphatic heterocycles. The number of hydrogen-bond donors (Lipinski definition) is 0. The summed E-state index contributed by atoms with van der Waals surface area (Å²) in [4.78, 5) is 24.5. The van der Waals surface area contributed by atoms with Crippen LogP contribution in [-0.2, 0) is 10.0 Å². The molecule has 0 saturated carbocycles. The number of sulfonamides is 1. The van der Waals surface area contributed by atoms with Gasteiger partial charge in [0.2, 0.25) is 10.0 Å². The maximum absolute atomic E-state index is 13.0. The molecule has 1 amide bonds. The maximum atomic E-state index is 13.0. The van der Waals surface area contributed by atoms with E-state index in [1.807, 2.05) is 0 Å². The van der Waals surface area contributed by atoms with E-state index in [9.17, 15) is 23.3 Å².